The van der Waals surface area contributed by atoms with Crippen LogP contribution >= 0.6 is 23.2 Å². The average molecular weight is 285 g/mol. The number of hydrogen-bond acceptors (Lipinski definition) is 1. The normalized spacial score (nSPS) is 10.4. The Morgan fingerprint density at radius 1 is 1.11 bits per heavy atom. The van der Waals surface area contributed by atoms with E-state index in [1.165, 1.54) is 6.07 Å². The molecule has 0 saturated heterocycles. The lowest BCUT2D eigenvalue weighted by molar-refractivity contribution is 0.304. The van der Waals surface area contributed by atoms with Crippen LogP contribution < -0.4 is 4.74 Å². The van der Waals surface area contributed by atoms with Gasteiger partial charge in [-0.05, 0) is 42.3 Å². The fraction of sp³-hybridized carbons (Fsp3) is 0.143. The Morgan fingerprint density at radius 2 is 1.89 bits per heavy atom. The van der Waals surface area contributed by atoms with Crippen LogP contribution in [0.3, 0.4) is 0 Å². The van der Waals surface area contributed by atoms with Crippen LogP contribution in [0.15, 0.2) is 36.4 Å². The second-order valence-electron chi connectivity index (χ2n) is 3.95. The number of hydrogen-bond donors (Lipinski definition) is 0. The van der Waals surface area contributed by atoms with Crippen LogP contribution in [0.1, 0.15) is 11.1 Å². The Kier molecular flexibility index (Phi) is 4.10. The van der Waals surface area contributed by atoms with Crippen LogP contribution in [0.25, 0.3) is 0 Å². The largest absolute Gasteiger partial charge is 0.489 e. The summed E-state index contributed by atoms with van der Waals surface area (Å²) in [6, 6.07) is 9.96. The number of aryl methyl sites for hydroxylation is 1. The van der Waals surface area contributed by atoms with Gasteiger partial charge < -0.3 is 4.74 Å². The van der Waals surface area contributed by atoms with Crippen molar-refractivity contribution < 1.29 is 9.13 Å². The first-order chi connectivity index (χ1) is 8.56. The Hall–Kier alpha value is -1.25. The van der Waals surface area contributed by atoms with Gasteiger partial charge >= 0.3 is 0 Å². The molecule has 2 aromatic rings. The van der Waals surface area contributed by atoms with Crippen LogP contribution in [0.4, 0.5) is 4.39 Å². The summed E-state index contributed by atoms with van der Waals surface area (Å²) in [6.45, 7) is 2.25. The predicted molar refractivity (Wildman–Crippen MR) is 71.9 cm³/mol. The van der Waals surface area contributed by atoms with Crippen molar-refractivity contribution in [2.75, 3.05) is 0 Å². The summed E-state index contributed by atoms with van der Waals surface area (Å²) >= 11 is 11.6. The molecule has 94 valence electrons. The summed E-state index contributed by atoms with van der Waals surface area (Å²) in [4.78, 5) is 0. The molecule has 4 heteroatoms. The van der Waals surface area contributed by atoms with E-state index in [0.717, 1.165) is 11.1 Å². The van der Waals surface area contributed by atoms with Crippen LogP contribution in [-0.4, -0.2) is 0 Å². The minimum absolute atomic E-state index is 0.0962. The van der Waals surface area contributed by atoms with E-state index in [9.17, 15) is 4.39 Å². The molecule has 0 heterocycles. The molecule has 0 saturated carbocycles. The summed E-state index contributed by atoms with van der Waals surface area (Å²) < 4.78 is 18.6. The van der Waals surface area contributed by atoms with Crippen molar-refractivity contribution in [2.45, 2.75) is 13.5 Å². The molecule has 0 N–H and O–H groups in total. The summed E-state index contributed by atoms with van der Waals surface area (Å²) in [5.41, 5.74) is 1.80. The number of benzene rings is 2. The van der Waals surface area contributed by atoms with E-state index in [1.807, 2.05) is 13.0 Å². The molecule has 0 aliphatic carbocycles. The monoisotopic (exact) mass is 284 g/mol. The van der Waals surface area contributed by atoms with Gasteiger partial charge in [0.15, 0.2) is 0 Å². The molecule has 18 heavy (non-hydrogen) atoms. The maximum absolute atomic E-state index is 13.0. The van der Waals surface area contributed by atoms with Crippen LogP contribution in [0.2, 0.25) is 10.0 Å². The number of ether oxygens (including phenoxy) is 1. The SMILES string of the molecule is Cc1ccc(Cl)cc1OCc1ccc(F)c(Cl)c1. The molecule has 0 aliphatic heterocycles. The van der Waals surface area contributed by atoms with Crippen molar-refractivity contribution in [3.05, 3.63) is 63.4 Å². The van der Waals surface area contributed by atoms with Gasteiger partial charge in [-0.3, -0.25) is 0 Å². The maximum atomic E-state index is 13.0. The third kappa shape index (κ3) is 3.15. The molecule has 1 nitrogen and oxygen atoms in total. The second-order valence-corrected chi connectivity index (χ2v) is 4.79. The van der Waals surface area contributed by atoms with E-state index >= 15 is 0 Å². The first-order valence-corrected chi connectivity index (χ1v) is 6.15. The standard InChI is InChI=1S/C14H11Cl2FO/c1-9-2-4-11(15)7-14(9)18-8-10-3-5-13(17)12(16)6-10/h2-7H,8H2,1H3. The molecule has 0 aromatic heterocycles. The minimum atomic E-state index is -0.431. The molecule has 0 spiro atoms. The maximum Gasteiger partial charge on any atom is 0.141 e. The highest BCUT2D eigenvalue weighted by Gasteiger charge is 2.04. The highest BCUT2D eigenvalue weighted by molar-refractivity contribution is 6.31. The molecule has 0 amide bonds. The lowest BCUT2D eigenvalue weighted by atomic mass is 10.2. The van der Waals surface area contributed by atoms with Gasteiger partial charge in [0.25, 0.3) is 0 Å². The smallest absolute Gasteiger partial charge is 0.141 e. The number of rotatable bonds is 3. The molecule has 0 unspecified atom stereocenters. The topological polar surface area (TPSA) is 9.23 Å². The Morgan fingerprint density at radius 3 is 2.61 bits per heavy atom. The molecule has 0 bridgehead atoms. The zero-order valence-electron chi connectivity index (χ0n) is 9.71. The van der Waals surface area contributed by atoms with Gasteiger partial charge in [-0.25, -0.2) is 4.39 Å². The fourth-order valence-corrected chi connectivity index (χ4v) is 1.89. The zero-order valence-corrected chi connectivity index (χ0v) is 11.2. The van der Waals surface area contributed by atoms with Crippen LogP contribution in [0.5, 0.6) is 5.75 Å². The van der Waals surface area contributed by atoms with Crippen molar-refractivity contribution in [3.8, 4) is 5.75 Å². The summed E-state index contributed by atoms with van der Waals surface area (Å²) in [6.07, 6.45) is 0. The molecular weight excluding hydrogens is 274 g/mol. The molecule has 0 fully saturated rings. The van der Waals surface area contributed by atoms with Gasteiger partial charge in [0, 0.05) is 5.02 Å². The third-order valence-electron chi connectivity index (χ3n) is 2.53. The molecule has 0 radical (unpaired) electrons. The fourth-order valence-electron chi connectivity index (χ4n) is 1.52. The van der Waals surface area contributed by atoms with Crippen LogP contribution in [-0.2, 0) is 6.61 Å². The lowest BCUT2D eigenvalue weighted by Gasteiger charge is -2.09. The van der Waals surface area contributed by atoms with Gasteiger partial charge in [-0.15, -0.1) is 0 Å². The van der Waals surface area contributed by atoms with E-state index in [2.05, 4.69) is 0 Å². The van der Waals surface area contributed by atoms with Crippen molar-refractivity contribution in [1.29, 1.82) is 0 Å². The summed E-state index contributed by atoms with van der Waals surface area (Å²) in [5.74, 6) is 0.280. The van der Waals surface area contributed by atoms with Gasteiger partial charge in [0.2, 0.25) is 0 Å². The van der Waals surface area contributed by atoms with E-state index in [1.54, 1.807) is 24.3 Å². The zero-order chi connectivity index (χ0) is 13.1. The molecule has 2 aromatic carbocycles. The lowest BCUT2D eigenvalue weighted by Crippen LogP contribution is -1.97. The van der Waals surface area contributed by atoms with Crippen LogP contribution in [0, 0.1) is 12.7 Å². The Balaban J connectivity index is 2.11. The molecular formula is C14H11Cl2FO. The summed E-state index contributed by atoms with van der Waals surface area (Å²) in [7, 11) is 0. The van der Waals surface area contributed by atoms with Crippen molar-refractivity contribution in [3.63, 3.8) is 0 Å². The Labute approximate surface area is 115 Å². The van der Waals surface area contributed by atoms with Gasteiger partial charge in [-0.2, -0.15) is 0 Å². The molecule has 0 atom stereocenters. The first-order valence-electron chi connectivity index (χ1n) is 5.39. The quantitative estimate of drug-likeness (QED) is 0.769. The highest BCUT2D eigenvalue weighted by Crippen LogP contribution is 2.24. The van der Waals surface area contributed by atoms with Crippen molar-refractivity contribution in [2.24, 2.45) is 0 Å². The van der Waals surface area contributed by atoms with Gasteiger partial charge in [-0.1, -0.05) is 35.3 Å². The Bertz CT molecular complexity index is 570. The van der Waals surface area contributed by atoms with Crippen molar-refractivity contribution >= 4 is 23.2 Å². The predicted octanol–water partition coefficient (Wildman–Crippen LogP) is 5.02. The second kappa shape index (κ2) is 5.59. The minimum Gasteiger partial charge on any atom is -0.489 e. The average Bonchev–Trinajstić information content (AvgIpc) is 2.34. The number of halogens is 3. The van der Waals surface area contributed by atoms with E-state index in [-0.39, 0.29) is 5.02 Å². The third-order valence-corrected chi connectivity index (χ3v) is 3.05. The van der Waals surface area contributed by atoms with E-state index in [4.69, 9.17) is 27.9 Å². The summed E-state index contributed by atoms with van der Waals surface area (Å²) in [5, 5.41) is 0.714. The molecule has 2 rings (SSSR count). The first kappa shape index (κ1) is 13.2. The van der Waals surface area contributed by atoms with E-state index < -0.39 is 5.82 Å². The molecule has 0 aliphatic rings. The van der Waals surface area contributed by atoms with E-state index in [0.29, 0.717) is 17.4 Å². The van der Waals surface area contributed by atoms with Gasteiger partial charge in [0.05, 0.1) is 5.02 Å². The van der Waals surface area contributed by atoms with Crippen molar-refractivity contribution in [1.82, 2.24) is 0 Å². The highest BCUT2D eigenvalue weighted by atomic mass is 35.5. The van der Waals surface area contributed by atoms with Gasteiger partial charge in [0.1, 0.15) is 18.2 Å².